The van der Waals surface area contributed by atoms with Crippen LogP contribution in [0.25, 0.3) is 0 Å². The summed E-state index contributed by atoms with van der Waals surface area (Å²) in [6.45, 7) is 6.59. The molecule has 68 valence electrons. The molecule has 0 aromatic rings. The third-order valence-corrected chi connectivity index (χ3v) is 3.99. The molecule has 0 amide bonds. The number of Topliss-reactive ketones (excluding diaryl/α,β-unsaturated/α-hetero) is 1. The molecule has 1 heteroatoms. The van der Waals surface area contributed by atoms with E-state index in [4.69, 9.17) is 0 Å². The molecule has 2 fully saturated rings. The highest BCUT2D eigenvalue weighted by atomic mass is 16.1. The van der Waals surface area contributed by atoms with E-state index >= 15 is 0 Å². The fraction of sp³-hybridized carbons (Fsp3) is 0.909. The Hall–Kier alpha value is -0.330. The van der Waals surface area contributed by atoms with Gasteiger partial charge in [0.2, 0.25) is 0 Å². The minimum absolute atomic E-state index is 0.335. The normalized spacial score (nSPS) is 44.9. The van der Waals surface area contributed by atoms with Gasteiger partial charge in [0.15, 0.2) is 0 Å². The first kappa shape index (κ1) is 8.28. The average Bonchev–Trinajstić information content (AvgIpc) is 2.55. The van der Waals surface area contributed by atoms with Crippen LogP contribution in [0.3, 0.4) is 0 Å². The predicted molar refractivity (Wildman–Crippen MR) is 48.8 cm³/mol. The standard InChI is InChI=1S/C11H18O/c1-7-5-4-6-8-9(10(7)12)11(8,2)3/h7-9H,4-6H2,1-3H3/t7-,8-,9-/m1/s1. The summed E-state index contributed by atoms with van der Waals surface area (Å²) in [6.07, 6.45) is 3.67. The molecular weight excluding hydrogens is 148 g/mol. The molecule has 2 saturated carbocycles. The van der Waals surface area contributed by atoms with E-state index in [1.807, 2.05) is 0 Å². The van der Waals surface area contributed by atoms with E-state index in [1.165, 1.54) is 12.8 Å². The van der Waals surface area contributed by atoms with Gasteiger partial charge < -0.3 is 0 Å². The van der Waals surface area contributed by atoms with Gasteiger partial charge in [-0.1, -0.05) is 27.2 Å². The van der Waals surface area contributed by atoms with Crippen LogP contribution >= 0.6 is 0 Å². The zero-order valence-corrected chi connectivity index (χ0v) is 8.26. The third-order valence-electron chi connectivity index (χ3n) is 3.99. The van der Waals surface area contributed by atoms with Crippen molar-refractivity contribution in [2.45, 2.75) is 40.0 Å². The molecule has 0 aromatic carbocycles. The number of carbonyl (C=O) groups is 1. The molecule has 0 aliphatic heterocycles. The highest BCUT2D eigenvalue weighted by Gasteiger charge is 2.61. The third kappa shape index (κ3) is 0.949. The maximum Gasteiger partial charge on any atom is 0.139 e. The van der Waals surface area contributed by atoms with Gasteiger partial charge >= 0.3 is 0 Å². The Labute approximate surface area is 74.5 Å². The van der Waals surface area contributed by atoms with Crippen LogP contribution in [-0.4, -0.2) is 5.78 Å². The summed E-state index contributed by atoms with van der Waals surface area (Å²) in [6, 6.07) is 0. The van der Waals surface area contributed by atoms with E-state index in [2.05, 4.69) is 20.8 Å². The molecule has 0 unspecified atom stereocenters. The van der Waals surface area contributed by atoms with Crippen LogP contribution in [-0.2, 0) is 4.79 Å². The van der Waals surface area contributed by atoms with E-state index in [0.29, 0.717) is 23.0 Å². The maximum absolute atomic E-state index is 11.8. The van der Waals surface area contributed by atoms with Crippen molar-refractivity contribution in [2.24, 2.45) is 23.2 Å². The maximum atomic E-state index is 11.8. The minimum Gasteiger partial charge on any atom is -0.299 e. The number of carbonyl (C=O) groups excluding carboxylic acids is 1. The van der Waals surface area contributed by atoms with Crippen molar-refractivity contribution < 1.29 is 4.79 Å². The lowest BCUT2D eigenvalue weighted by molar-refractivity contribution is -0.124. The van der Waals surface area contributed by atoms with Crippen LogP contribution in [0.15, 0.2) is 0 Å². The van der Waals surface area contributed by atoms with Crippen LogP contribution < -0.4 is 0 Å². The van der Waals surface area contributed by atoms with Crippen LogP contribution in [0.2, 0.25) is 0 Å². The Morgan fingerprint density at radius 1 is 1.33 bits per heavy atom. The number of rotatable bonds is 0. The molecule has 0 saturated heterocycles. The van der Waals surface area contributed by atoms with E-state index in [-0.39, 0.29) is 0 Å². The monoisotopic (exact) mass is 166 g/mol. The topological polar surface area (TPSA) is 17.1 Å². The molecule has 0 bridgehead atoms. The summed E-state index contributed by atoms with van der Waals surface area (Å²) < 4.78 is 0. The first-order valence-corrected chi connectivity index (χ1v) is 5.09. The fourth-order valence-electron chi connectivity index (χ4n) is 2.94. The smallest absolute Gasteiger partial charge is 0.139 e. The van der Waals surface area contributed by atoms with Crippen LogP contribution in [0, 0.1) is 23.2 Å². The Morgan fingerprint density at radius 3 is 2.67 bits per heavy atom. The Balaban J connectivity index is 2.18. The molecule has 0 heterocycles. The van der Waals surface area contributed by atoms with E-state index < -0.39 is 0 Å². The van der Waals surface area contributed by atoms with Crippen LogP contribution in [0.5, 0.6) is 0 Å². The summed E-state index contributed by atoms with van der Waals surface area (Å²) >= 11 is 0. The number of ketones is 1. The second-order valence-corrected chi connectivity index (χ2v) is 5.14. The van der Waals surface area contributed by atoms with Crippen molar-refractivity contribution in [1.29, 1.82) is 0 Å². The lowest BCUT2D eigenvalue weighted by Crippen LogP contribution is -2.14. The largest absolute Gasteiger partial charge is 0.299 e. The van der Waals surface area contributed by atoms with Crippen molar-refractivity contribution in [2.75, 3.05) is 0 Å². The molecule has 0 radical (unpaired) electrons. The highest BCUT2D eigenvalue weighted by Crippen LogP contribution is 2.62. The molecule has 0 spiro atoms. The van der Waals surface area contributed by atoms with E-state index in [1.54, 1.807) is 0 Å². The van der Waals surface area contributed by atoms with Crippen molar-refractivity contribution in [1.82, 2.24) is 0 Å². The molecular formula is C11H18O. The van der Waals surface area contributed by atoms with Gasteiger partial charge in [0.25, 0.3) is 0 Å². The Bertz CT molecular complexity index is 217. The van der Waals surface area contributed by atoms with Gasteiger partial charge in [0, 0.05) is 11.8 Å². The molecule has 0 N–H and O–H groups in total. The minimum atomic E-state index is 0.335. The second kappa shape index (κ2) is 2.34. The van der Waals surface area contributed by atoms with Crippen molar-refractivity contribution >= 4 is 5.78 Å². The van der Waals surface area contributed by atoms with E-state index in [0.717, 1.165) is 12.3 Å². The summed E-state index contributed by atoms with van der Waals surface area (Å²) in [5.74, 6) is 2.01. The van der Waals surface area contributed by atoms with Gasteiger partial charge in [-0.15, -0.1) is 0 Å². The number of hydrogen-bond donors (Lipinski definition) is 0. The highest BCUT2D eigenvalue weighted by molar-refractivity contribution is 5.87. The fourth-order valence-corrected chi connectivity index (χ4v) is 2.94. The lowest BCUT2D eigenvalue weighted by Gasteiger charge is -2.10. The number of hydrogen-bond acceptors (Lipinski definition) is 1. The molecule has 1 nitrogen and oxygen atoms in total. The van der Waals surface area contributed by atoms with Gasteiger partial charge in [-0.25, -0.2) is 0 Å². The zero-order chi connectivity index (χ0) is 8.93. The zero-order valence-electron chi connectivity index (χ0n) is 8.26. The first-order chi connectivity index (χ1) is 5.55. The van der Waals surface area contributed by atoms with Crippen LogP contribution in [0.1, 0.15) is 40.0 Å². The van der Waals surface area contributed by atoms with Crippen molar-refractivity contribution in [3.63, 3.8) is 0 Å². The van der Waals surface area contributed by atoms with Gasteiger partial charge in [-0.05, 0) is 24.2 Å². The molecule has 2 aliphatic rings. The lowest BCUT2D eigenvalue weighted by atomic mass is 9.93. The summed E-state index contributed by atoms with van der Waals surface area (Å²) in [7, 11) is 0. The SMILES string of the molecule is C[C@@H]1CCC[C@@H]2[C@H](C1=O)C2(C)C. The summed E-state index contributed by atoms with van der Waals surface area (Å²) in [4.78, 5) is 11.8. The average molecular weight is 166 g/mol. The molecule has 0 aromatic heterocycles. The van der Waals surface area contributed by atoms with Gasteiger partial charge in [-0.3, -0.25) is 4.79 Å². The predicted octanol–water partition coefficient (Wildman–Crippen LogP) is 2.65. The summed E-state index contributed by atoms with van der Waals surface area (Å²) in [5.41, 5.74) is 0.339. The Morgan fingerprint density at radius 2 is 2.00 bits per heavy atom. The van der Waals surface area contributed by atoms with Gasteiger partial charge in [0.1, 0.15) is 5.78 Å². The quantitative estimate of drug-likeness (QED) is 0.540. The Kier molecular flexibility index (Phi) is 1.61. The summed E-state index contributed by atoms with van der Waals surface area (Å²) in [5, 5.41) is 0. The molecule has 3 atom stereocenters. The van der Waals surface area contributed by atoms with Gasteiger partial charge in [-0.2, -0.15) is 0 Å². The number of fused-ring (bicyclic) bond motifs is 1. The second-order valence-electron chi connectivity index (χ2n) is 5.14. The molecule has 2 rings (SSSR count). The van der Waals surface area contributed by atoms with Crippen LogP contribution in [0.4, 0.5) is 0 Å². The first-order valence-electron chi connectivity index (χ1n) is 5.09. The van der Waals surface area contributed by atoms with Crippen molar-refractivity contribution in [3.8, 4) is 0 Å². The van der Waals surface area contributed by atoms with E-state index in [9.17, 15) is 4.79 Å². The molecule has 12 heavy (non-hydrogen) atoms. The molecule has 2 aliphatic carbocycles. The van der Waals surface area contributed by atoms with Crippen molar-refractivity contribution in [3.05, 3.63) is 0 Å². The van der Waals surface area contributed by atoms with Gasteiger partial charge in [0.05, 0.1) is 0 Å².